The number of methoxy groups -OCH3 is 1. The van der Waals surface area contributed by atoms with Gasteiger partial charge in [-0.15, -0.1) is 11.3 Å². The van der Waals surface area contributed by atoms with E-state index in [-0.39, 0.29) is 12.5 Å². The normalized spacial score (nSPS) is 10.9. The Labute approximate surface area is 156 Å². The van der Waals surface area contributed by atoms with E-state index in [1.165, 1.54) is 17.6 Å². The number of ether oxygens (including phenoxy) is 1. The van der Waals surface area contributed by atoms with Crippen LogP contribution >= 0.6 is 11.3 Å². The zero-order chi connectivity index (χ0) is 18.7. The number of esters is 1. The van der Waals surface area contributed by atoms with Gasteiger partial charge in [0.05, 0.1) is 17.3 Å². The number of carbonyl (C=O) groups is 2. The van der Waals surface area contributed by atoms with Gasteiger partial charge in [0, 0.05) is 10.6 Å². The number of nitrogens with zero attached hydrogens (tertiary/aromatic N) is 1. The first-order valence-electron chi connectivity index (χ1n) is 8.64. The lowest BCUT2D eigenvalue weighted by atomic mass is 10.1. The molecule has 0 aliphatic heterocycles. The van der Waals surface area contributed by atoms with Gasteiger partial charge in [0.15, 0.2) is 0 Å². The molecule has 0 aliphatic carbocycles. The van der Waals surface area contributed by atoms with Gasteiger partial charge in [-0.05, 0) is 42.7 Å². The van der Waals surface area contributed by atoms with Gasteiger partial charge in [-0.1, -0.05) is 26.0 Å². The van der Waals surface area contributed by atoms with Gasteiger partial charge in [-0.3, -0.25) is 4.79 Å². The van der Waals surface area contributed by atoms with Crippen LogP contribution < -0.4 is 5.32 Å². The molecule has 0 bridgehead atoms. The Morgan fingerprint density at radius 3 is 2.46 bits per heavy atom. The number of thiophene rings is 1. The summed E-state index contributed by atoms with van der Waals surface area (Å²) in [5, 5.41) is 2.89. The summed E-state index contributed by atoms with van der Waals surface area (Å²) >= 11 is 1.63. The molecule has 3 aromatic rings. The van der Waals surface area contributed by atoms with Crippen LogP contribution in [0.2, 0.25) is 0 Å². The number of benzene rings is 1. The number of nitrogens with one attached hydrogen (secondary N) is 1. The average Bonchev–Trinajstić information content (AvgIpc) is 3.20. The van der Waals surface area contributed by atoms with Gasteiger partial charge in [-0.25, -0.2) is 4.79 Å². The summed E-state index contributed by atoms with van der Waals surface area (Å²) in [5.74, 6) is -0.618. The highest BCUT2D eigenvalue weighted by Gasteiger charge is 2.20. The van der Waals surface area contributed by atoms with Crippen LogP contribution in [0.25, 0.3) is 10.2 Å². The second kappa shape index (κ2) is 7.74. The van der Waals surface area contributed by atoms with Crippen LogP contribution in [0, 0.1) is 0 Å². The number of aromatic nitrogens is 1. The van der Waals surface area contributed by atoms with Gasteiger partial charge in [-0.2, -0.15) is 0 Å². The molecule has 5 nitrogen and oxygen atoms in total. The number of amides is 1. The molecule has 0 radical (unpaired) electrons. The second-order valence-corrected chi connectivity index (χ2v) is 7.19. The van der Waals surface area contributed by atoms with Crippen molar-refractivity contribution >= 4 is 39.1 Å². The quantitative estimate of drug-likeness (QED) is 0.660. The minimum absolute atomic E-state index is 0.0589. The minimum atomic E-state index is -0.438. The Bertz CT molecular complexity index is 938. The molecule has 0 aliphatic rings. The standard InChI is InChI=1S/C20H22N2O3S/c1-4-13-6-8-14(9-7-13)21-19(23)12-22-16-10-15(5-2)26-18(16)11-17(22)20(24)25-3/h6-11H,4-5,12H2,1-3H3,(H,21,23). The van der Waals surface area contributed by atoms with Crippen molar-refractivity contribution < 1.29 is 14.3 Å². The molecule has 0 saturated heterocycles. The van der Waals surface area contributed by atoms with E-state index >= 15 is 0 Å². The number of aryl methyl sites for hydroxylation is 2. The Hall–Kier alpha value is -2.60. The third-order valence-electron chi connectivity index (χ3n) is 4.33. The highest BCUT2D eigenvalue weighted by molar-refractivity contribution is 7.19. The van der Waals surface area contributed by atoms with E-state index in [0.29, 0.717) is 5.69 Å². The van der Waals surface area contributed by atoms with Gasteiger partial charge < -0.3 is 14.6 Å². The van der Waals surface area contributed by atoms with Crippen LogP contribution in [-0.4, -0.2) is 23.6 Å². The van der Waals surface area contributed by atoms with Crippen molar-refractivity contribution in [3.63, 3.8) is 0 Å². The lowest BCUT2D eigenvalue weighted by Crippen LogP contribution is -2.21. The number of rotatable bonds is 6. The number of anilines is 1. The molecule has 2 aromatic heterocycles. The molecule has 3 rings (SSSR count). The molecule has 0 unspecified atom stereocenters. The lowest BCUT2D eigenvalue weighted by molar-refractivity contribution is -0.116. The van der Waals surface area contributed by atoms with Crippen LogP contribution in [0.5, 0.6) is 0 Å². The smallest absolute Gasteiger partial charge is 0.354 e. The SMILES string of the molecule is CCc1ccc(NC(=O)Cn2c(C(=O)OC)cc3sc(CC)cc32)cc1. The zero-order valence-corrected chi connectivity index (χ0v) is 16.0. The maximum Gasteiger partial charge on any atom is 0.354 e. The van der Waals surface area contributed by atoms with Crippen LogP contribution in [0.3, 0.4) is 0 Å². The van der Waals surface area contributed by atoms with Crippen molar-refractivity contribution in [3.05, 3.63) is 52.5 Å². The summed E-state index contributed by atoms with van der Waals surface area (Å²) in [6.07, 6.45) is 1.87. The molecule has 1 amide bonds. The highest BCUT2D eigenvalue weighted by atomic mass is 32.1. The van der Waals surface area contributed by atoms with E-state index in [0.717, 1.165) is 28.7 Å². The number of hydrogen-bond donors (Lipinski definition) is 1. The van der Waals surface area contributed by atoms with E-state index in [1.807, 2.05) is 30.3 Å². The van der Waals surface area contributed by atoms with E-state index < -0.39 is 5.97 Å². The van der Waals surface area contributed by atoms with Gasteiger partial charge in [0.1, 0.15) is 12.2 Å². The third-order valence-corrected chi connectivity index (χ3v) is 5.55. The predicted molar refractivity (Wildman–Crippen MR) is 105 cm³/mol. The largest absolute Gasteiger partial charge is 0.464 e. The Balaban J connectivity index is 1.86. The fourth-order valence-corrected chi connectivity index (χ4v) is 3.92. The Morgan fingerprint density at radius 2 is 1.85 bits per heavy atom. The molecule has 0 saturated carbocycles. The van der Waals surface area contributed by atoms with Crippen molar-refractivity contribution in [1.82, 2.24) is 4.57 Å². The molecule has 1 aromatic carbocycles. The summed E-state index contributed by atoms with van der Waals surface area (Å²) in [4.78, 5) is 25.9. The molecule has 136 valence electrons. The van der Waals surface area contributed by atoms with E-state index in [9.17, 15) is 9.59 Å². The van der Waals surface area contributed by atoms with E-state index in [1.54, 1.807) is 22.0 Å². The molecule has 2 heterocycles. The molecular weight excluding hydrogens is 348 g/mol. The fourth-order valence-electron chi connectivity index (χ4n) is 2.88. The zero-order valence-electron chi connectivity index (χ0n) is 15.2. The first-order valence-corrected chi connectivity index (χ1v) is 9.46. The molecule has 0 spiro atoms. The highest BCUT2D eigenvalue weighted by Crippen LogP contribution is 2.30. The number of carbonyl (C=O) groups excluding carboxylic acids is 2. The molecule has 0 atom stereocenters. The van der Waals surface area contributed by atoms with Gasteiger partial charge in [0.25, 0.3) is 0 Å². The first kappa shape index (κ1) is 18.2. The first-order chi connectivity index (χ1) is 12.5. The van der Waals surface area contributed by atoms with Gasteiger partial charge in [0.2, 0.25) is 5.91 Å². The summed E-state index contributed by atoms with van der Waals surface area (Å²) in [7, 11) is 1.35. The van der Waals surface area contributed by atoms with Crippen LogP contribution in [-0.2, 0) is 28.9 Å². The monoisotopic (exact) mass is 370 g/mol. The fraction of sp³-hybridized carbons (Fsp3) is 0.300. The van der Waals surface area contributed by atoms with Crippen molar-refractivity contribution in [1.29, 1.82) is 0 Å². The maximum absolute atomic E-state index is 12.5. The molecule has 1 N–H and O–H groups in total. The van der Waals surface area contributed by atoms with Crippen molar-refractivity contribution in [2.24, 2.45) is 0 Å². The van der Waals surface area contributed by atoms with E-state index in [4.69, 9.17) is 4.74 Å². The Morgan fingerprint density at radius 1 is 1.12 bits per heavy atom. The third kappa shape index (κ3) is 3.65. The molecule has 0 fully saturated rings. The van der Waals surface area contributed by atoms with Crippen molar-refractivity contribution in [2.75, 3.05) is 12.4 Å². The van der Waals surface area contributed by atoms with Gasteiger partial charge >= 0.3 is 5.97 Å². The lowest BCUT2D eigenvalue weighted by Gasteiger charge is -2.10. The average molecular weight is 370 g/mol. The molecule has 26 heavy (non-hydrogen) atoms. The summed E-state index contributed by atoms with van der Waals surface area (Å²) in [5.41, 5.74) is 3.25. The second-order valence-electron chi connectivity index (χ2n) is 6.02. The van der Waals surface area contributed by atoms with Crippen molar-refractivity contribution in [3.8, 4) is 0 Å². The van der Waals surface area contributed by atoms with E-state index in [2.05, 4.69) is 19.2 Å². The van der Waals surface area contributed by atoms with Crippen LogP contribution in [0.15, 0.2) is 36.4 Å². The summed E-state index contributed by atoms with van der Waals surface area (Å²) in [6, 6.07) is 11.6. The Kier molecular flexibility index (Phi) is 5.42. The molecular formula is C20H22N2O3S. The molecule has 6 heteroatoms. The topological polar surface area (TPSA) is 60.3 Å². The minimum Gasteiger partial charge on any atom is -0.464 e. The van der Waals surface area contributed by atoms with Crippen LogP contribution in [0.4, 0.5) is 5.69 Å². The van der Waals surface area contributed by atoms with Crippen LogP contribution in [0.1, 0.15) is 34.8 Å². The number of hydrogen-bond acceptors (Lipinski definition) is 4. The maximum atomic E-state index is 12.5. The van der Waals surface area contributed by atoms with Crippen molar-refractivity contribution in [2.45, 2.75) is 33.2 Å². The predicted octanol–water partition coefficient (Wildman–Crippen LogP) is 4.25. The summed E-state index contributed by atoms with van der Waals surface area (Å²) in [6.45, 7) is 4.23. The number of fused-ring (bicyclic) bond motifs is 1. The summed E-state index contributed by atoms with van der Waals surface area (Å²) < 4.78 is 7.59.